The number of ether oxygens (including phenoxy) is 1. The van der Waals surface area contributed by atoms with Crippen LogP contribution in [0.1, 0.15) is 25.3 Å². The zero-order valence-corrected chi connectivity index (χ0v) is 9.99. The summed E-state index contributed by atoms with van der Waals surface area (Å²) in [4.78, 5) is 0. The monoisotopic (exact) mass is 222 g/mol. The van der Waals surface area contributed by atoms with Crippen LogP contribution in [0.25, 0.3) is 0 Å². The van der Waals surface area contributed by atoms with Gasteiger partial charge in [-0.25, -0.2) is 0 Å². The van der Waals surface area contributed by atoms with Crippen molar-refractivity contribution in [2.45, 2.75) is 32.2 Å². The maximum absolute atomic E-state index is 5.53. The first kappa shape index (κ1) is 13.2. The minimum Gasteiger partial charge on any atom is -0.381 e. The van der Waals surface area contributed by atoms with Crippen molar-refractivity contribution in [2.75, 3.05) is 13.2 Å². The predicted molar refractivity (Wildman–Crippen MR) is 67.0 cm³/mol. The Morgan fingerprint density at radius 3 is 2.62 bits per heavy atom. The Labute approximate surface area is 98.0 Å². The number of benzene rings is 1. The van der Waals surface area contributed by atoms with Crippen LogP contribution in [0.5, 0.6) is 0 Å². The van der Waals surface area contributed by atoms with E-state index in [2.05, 4.69) is 36.6 Å². The van der Waals surface area contributed by atoms with Crippen LogP contribution >= 0.6 is 0 Å². The van der Waals surface area contributed by atoms with Gasteiger partial charge in [0.05, 0.1) is 0 Å². The molecule has 1 aromatic carbocycles. The number of rotatable bonds is 8. The average molecular weight is 222 g/mol. The Bertz CT molecular complexity index is 264. The molecule has 0 spiro atoms. The highest BCUT2D eigenvalue weighted by Gasteiger charge is 2.06. The van der Waals surface area contributed by atoms with Crippen molar-refractivity contribution in [3.8, 4) is 0 Å². The highest BCUT2D eigenvalue weighted by molar-refractivity contribution is 5.15. The van der Waals surface area contributed by atoms with Crippen molar-refractivity contribution >= 4 is 0 Å². The van der Waals surface area contributed by atoms with Gasteiger partial charge in [-0.05, 0) is 24.8 Å². The van der Waals surface area contributed by atoms with Crippen molar-refractivity contribution in [2.24, 2.45) is 5.84 Å². The van der Waals surface area contributed by atoms with Crippen LogP contribution in [0.15, 0.2) is 30.3 Å². The van der Waals surface area contributed by atoms with E-state index in [0.29, 0.717) is 6.04 Å². The SMILES string of the molecule is CCCOCCC(Cc1ccccc1)NN. The quantitative estimate of drug-likeness (QED) is 0.401. The summed E-state index contributed by atoms with van der Waals surface area (Å²) in [5.74, 6) is 5.53. The minimum absolute atomic E-state index is 0.291. The number of nitrogens with two attached hydrogens (primary N) is 1. The van der Waals surface area contributed by atoms with Crippen LogP contribution in [-0.2, 0) is 11.2 Å². The molecule has 0 aliphatic heterocycles. The van der Waals surface area contributed by atoms with Gasteiger partial charge < -0.3 is 4.74 Å². The van der Waals surface area contributed by atoms with Crippen LogP contribution in [0, 0.1) is 0 Å². The number of hydrazine groups is 1. The van der Waals surface area contributed by atoms with Crippen molar-refractivity contribution in [3.63, 3.8) is 0 Å². The molecular formula is C13H22N2O. The van der Waals surface area contributed by atoms with Gasteiger partial charge in [-0.1, -0.05) is 37.3 Å². The molecule has 3 N–H and O–H groups in total. The molecule has 0 saturated carbocycles. The summed E-state index contributed by atoms with van der Waals surface area (Å²) in [7, 11) is 0. The van der Waals surface area contributed by atoms with Crippen LogP contribution in [0.4, 0.5) is 0 Å². The molecule has 0 amide bonds. The Balaban J connectivity index is 2.26. The summed E-state index contributed by atoms with van der Waals surface area (Å²) in [6, 6.07) is 10.7. The van der Waals surface area contributed by atoms with E-state index in [1.165, 1.54) is 5.56 Å². The van der Waals surface area contributed by atoms with E-state index in [-0.39, 0.29) is 0 Å². The van der Waals surface area contributed by atoms with E-state index in [9.17, 15) is 0 Å². The smallest absolute Gasteiger partial charge is 0.0481 e. The van der Waals surface area contributed by atoms with Gasteiger partial charge in [0.2, 0.25) is 0 Å². The third-order valence-corrected chi connectivity index (χ3v) is 2.52. The molecule has 3 nitrogen and oxygen atoms in total. The molecule has 0 fully saturated rings. The van der Waals surface area contributed by atoms with E-state index in [1.54, 1.807) is 0 Å². The lowest BCUT2D eigenvalue weighted by Gasteiger charge is -2.15. The van der Waals surface area contributed by atoms with E-state index < -0.39 is 0 Å². The maximum Gasteiger partial charge on any atom is 0.0481 e. The zero-order valence-electron chi connectivity index (χ0n) is 9.99. The molecule has 90 valence electrons. The molecule has 0 aliphatic carbocycles. The second-order valence-electron chi connectivity index (χ2n) is 3.95. The van der Waals surface area contributed by atoms with E-state index >= 15 is 0 Å². The Kier molecular flexibility index (Phi) is 6.81. The second kappa shape index (κ2) is 8.28. The fourth-order valence-electron chi connectivity index (χ4n) is 1.61. The minimum atomic E-state index is 0.291. The van der Waals surface area contributed by atoms with Gasteiger partial charge in [0, 0.05) is 19.3 Å². The van der Waals surface area contributed by atoms with E-state index in [4.69, 9.17) is 10.6 Å². The molecule has 0 radical (unpaired) electrons. The number of hydrogen-bond acceptors (Lipinski definition) is 3. The molecular weight excluding hydrogens is 200 g/mol. The molecule has 1 unspecified atom stereocenters. The summed E-state index contributed by atoms with van der Waals surface area (Å²) < 4.78 is 5.46. The van der Waals surface area contributed by atoms with Gasteiger partial charge in [-0.2, -0.15) is 0 Å². The topological polar surface area (TPSA) is 47.3 Å². The third-order valence-electron chi connectivity index (χ3n) is 2.52. The normalized spacial score (nSPS) is 12.6. The average Bonchev–Trinajstić information content (AvgIpc) is 2.34. The first-order valence-corrected chi connectivity index (χ1v) is 5.94. The van der Waals surface area contributed by atoms with Crippen molar-refractivity contribution in [3.05, 3.63) is 35.9 Å². The van der Waals surface area contributed by atoms with Gasteiger partial charge in [-0.3, -0.25) is 11.3 Å². The number of nitrogens with one attached hydrogen (secondary N) is 1. The summed E-state index contributed by atoms with van der Waals surface area (Å²) in [5, 5.41) is 0. The summed E-state index contributed by atoms with van der Waals surface area (Å²) in [6.45, 7) is 3.72. The van der Waals surface area contributed by atoms with Crippen molar-refractivity contribution in [1.82, 2.24) is 5.43 Å². The lowest BCUT2D eigenvalue weighted by Crippen LogP contribution is -2.37. The first-order chi connectivity index (χ1) is 7.86. The van der Waals surface area contributed by atoms with Crippen LogP contribution in [-0.4, -0.2) is 19.3 Å². The highest BCUT2D eigenvalue weighted by atomic mass is 16.5. The number of hydrogen-bond donors (Lipinski definition) is 2. The summed E-state index contributed by atoms with van der Waals surface area (Å²) in [5.41, 5.74) is 4.15. The third kappa shape index (κ3) is 5.26. The van der Waals surface area contributed by atoms with Gasteiger partial charge in [0.1, 0.15) is 0 Å². The standard InChI is InChI=1S/C13H22N2O/c1-2-9-16-10-8-13(15-14)11-12-6-4-3-5-7-12/h3-7,13,15H,2,8-11,14H2,1H3. The van der Waals surface area contributed by atoms with Gasteiger partial charge in [0.15, 0.2) is 0 Å². The molecule has 0 heterocycles. The Morgan fingerprint density at radius 1 is 1.25 bits per heavy atom. The zero-order chi connectivity index (χ0) is 11.6. The van der Waals surface area contributed by atoms with E-state index in [0.717, 1.165) is 32.5 Å². The lowest BCUT2D eigenvalue weighted by atomic mass is 10.0. The van der Waals surface area contributed by atoms with Crippen molar-refractivity contribution < 1.29 is 4.74 Å². The summed E-state index contributed by atoms with van der Waals surface area (Å²) in [6.07, 6.45) is 2.97. The molecule has 1 rings (SSSR count). The van der Waals surface area contributed by atoms with Crippen LogP contribution in [0.2, 0.25) is 0 Å². The fourth-order valence-corrected chi connectivity index (χ4v) is 1.61. The second-order valence-corrected chi connectivity index (χ2v) is 3.95. The molecule has 1 aromatic rings. The Hall–Kier alpha value is -0.900. The Morgan fingerprint density at radius 2 is 2.00 bits per heavy atom. The fraction of sp³-hybridized carbons (Fsp3) is 0.538. The van der Waals surface area contributed by atoms with Crippen LogP contribution < -0.4 is 11.3 Å². The lowest BCUT2D eigenvalue weighted by molar-refractivity contribution is 0.124. The van der Waals surface area contributed by atoms with E-state index in [1.807, 2.05) is 6.07 Å². The maximum atomic E-state index is 5.53. The van der Waals surface area contributed by atoms with Gasteiger partial charge in [0.25, 0.3) is 0 Å². The highest BCUT2D eigenvalue weighted by Crippen LogP contribution is 2.05. The van der Waals surface area contributed by atoms with Gasteiger partial charge in [-0.15, -0.1) is 0 Å². The molecule has 0 saturated heterocycles. The van der Waals surface area contributed by atoms with Crippen molar-refractivity contribution in [1.29, 1.82) is 0 Å². The van der Waals surface area contributed by atoms with Gasteiger partial charge >= 0.3 is 0 Å². The predicted octanol–water partition coefficient (Wildman–Crippen LogP) is 1.88. The summed E-state index contributed by atoms with van der Waals surface area (Å²) >= 11 is 0. The van der Waals surface area contributed by atoms with Crippen LogP contribution in [0.3, 0.4) is 0 Å². The molecule has 0 aromatic heterocycles. The largest absolute Gasteiger partial charge is 0.381 e. The molecule has 16 heavy (non-hydrogen) atoms. The molecule has 1 atom stereocenters. The molecule has 3 heteroatoms. The first-order valence-electron chi connectivity index (χ1n) is 5.94. The molecule has 0 bridgehead atoms. The molecule has 0 aliphatic rings.